The van der Waals surface area contributed by atoms with Gasteiger partial charge in [0, 0.05) is 6.42 Å². The molecule has 1 fully saturated rings. The van der Waals surface area contributed by atoms with E-state index in [9.17, 15) is 9.90 Å². The Kier molecular flexibility index (Phi) is 2.15. The minimum absolute atomic E-state index is 0.179. The first kappa shape index (κ1) is 10.6. The summed E-state index contributed by atoms with van der Waals surface area (Å²) in [5.74, 6) is -0.288. The Morgan fingerprint density at radius 2 is 2.33 bits per heavy atom. The average Bonchev–Trinajstić information content (AvgIpc) is 2.51. The highest BCUT2D eigenvalue weighted by atomic mass is 16.6. The first-order valence-electron chi connectivity index (χ1n) is 4.92. The van der Waals surface area contributed by atoms with Gasteiger partial charge in [-0.05, 0) is 19.4 Å². The van der Waals surface area contributed by atoms with Gasteiger partial charge in [-0.1, -0.05) is 6.08 Å². The third kappa shape index (κ3) is 1.47. The van der Waals surface area contributed by atoms with Crippen LogP contribution in [0.5, 0.6) is 0 Å². The van der Waals surface area contributed by atoms with Crippen LogP contribution in [-0.4, -0.2) is 40.2 Å². The summed E-state index contributed by atoms with van der Waals surface area (Å²) in [6.45, 7) is 3.19. The molecule has 0 saturated carbocycles. The zero-order valence-corrected chi connectivity index (χ0v) is 8.78. The Hall–Kier alpha value is -0.910. The van der Waals surface area contributed by atoms with Gasteiger partial charge in [0.1, 0.15) is 5.72 Å². The van der Waals surface area contributed by atoms with Gasteiger partial charge in [0.05, 0.1) is 12.7 Å². The van der Waals surface area contributed by atoms with Crippen LogP contribution in [0.15, 0.2) is 11.6 Å². The topological polar surface area (TPSA) is 78.8 Å². The van der Waals surface area contributed by atoms with E-state index in [4.69, 9.17) is 9.84 Å². The lowest BCUT2D eigenvalue weighted by Gasteiger charge is -2.26. The average molecular weight is 213 g/mol. The number of rotatable bonds is 1. The van der Waals surface area contributed by atoms with Crippen molar-refractivity contribution in [2.45, 2.75) is 37.7 Å². The predicted octanol–water partition coefficient (Wildman–Crippen LogP) is -0.709. The molecule has 1 saturated heterocycles. The molecule has 1 aliphatic carbocycles. The fourth-order valence-corrected chi connectivity index (χ4v) is 2.26. The van der Waals surface area contributed by atoms with Crippen LogP contribution in [0.2, 0.25) is 0 Å². The van der Waals surface area contributed by atoms with Crippen molar-refractivity contribution in [3.05, 3.63) is 11.6 Å². The molecule has 0 aromatic carbocycles. The van der Waals surface area contributed by atoms with Gasteiger partial charge in [0.2, 0.25) is 0 Å². The van der Waals surface area contributed by atoms with Crippen molar-refractivity contribution < 1.29 is 19.7 Å². The number of ether oxygens (including phenoxy) is 1. The second-order valence-corrected chi connectivity index (χ2v) is 4.52. The van der Waals surface area contributed by atoms with Crippen molar-refractivity contribution >= 4 is 5.91 Å². The largest absolute Gasteiger partial charge is 0.392 e. The van der Waals surface area contributed by atoms with Gasteiger partial charge >= 0.3 is 0 Å². The maximum absolute atomic E-state index is 11.8. The third-order valence-electron chi connectivity index (χ3n) is 2.79. The van der Waals surface area contributed by atoms with E-state index in [1.165, 1.54) is 6.08 Å². The molecular weight excluding hydrogens is 198 g/mol. The smallest absolute Gasteiger partial charge is 0.259 e. The molecule has 15 heavy (non-hydrogen) atoms. The fraction of sp³-hybridized carbons (Fsp3) is 0.700. The Balaban J connectivity index is 2.36. The molecule has 1 aliphatic heterocycles. The molecule has 1 amide bonds. The SMILES string of the molecule is CC1(C)NC(=O)C2(CC(O)C=C2CO)O1. The third-order valence-corrected chi connectivity index (χ3v) is 2.79. The summed E-state index contributed by atoms with van der Waals surface area (Å²) in [5, 5.41) is 21.3. The van der Waals surface area contributed by atoms with Crippen molar-refractivity contribution in [1.29, 1.82) is 0 Å². The van der Waals surface area contributed by atoms with E-state index in [0.29, 0.717) is 5.57 Å². The number of amides is 1. The Bertz CT molecular complexity index is 336. The molecule has 5 heteroatoms. The maximum Gasteiger partial charge on any atom is 0.259 e. The van der Waals surface area contributed by atoms with Gasteiger partial charge in [0.15, 0.2) is 5.60 Å². The summed E-state index contributed by atoms with van der Waals surface area (Å²) in [7, 11) is 0. The van der Waals surface area contributed by atoms with Gasteiger partial charge in [-0.2, -0.15) is 0 Å². The van der Waals surface area contributed by atoms with Crippen LogP contribution >= 0.6 is 0 Å². The molecule has 0 bridgehead atoms. The molecule has 2 atom stereocenters. The molecule has 2 unspecified atom stereocenters. The number of hydrogen-bond acceptors (Lipinski definition) is 4. The van der Waals surface area contributed by atoms with Crippen LogP contribution in [0, 0.1) is 0 Å². The lowest BCUT2D eigenvalue weighted by atomic mass is 9.95. The Morgan fingerprint density at radius 1 is 1.67 bits per heavy atom. The molecule has 2 aliphatic rings. The van der Waals surface area contributed by atoms with E-state index < -0.39 is 17.4 Å². The van der Waals surface area contributed by atoms with Crippen LogP contribution in [0.1, 0.15) is 20.3 Å². The van der Waals surface area contributed by atoms with Gasteiger partial charge in [-0.15, -0.1) is 0 Å². The summed E-state index contributed by atoms with van der Waals surface area (Å²) >= 11 is 0. The zero-order valence-electron chi connectivity index (χ0n) is 8.78. The lowest BCUT2D eigenvalue weighted by Crippen LogP contribution is -2.41. The number of carbonyl (C=O) groups excluding carboxylic acids is 1. The van der Waals surface area contributed by atoms with Crippen LogP contribution in [0.25, 0.3) is 0 Å². The highest BCUT2D eigenvalue weighted by Crippen LogP contribution is 2.41. The monoisotopic (exact) mass is 213 g/mol. The number of aliphatic hydroxyl groups is 2. The Morgan fingerprint density at radius 3 is 2.80 bits per heavy atom. The second kappa shape index (κ2) is 3.04. The van der Waals surface area contributed by atoms with E-state index in [-0.39, 0.29) is 18.9 Å². The molecule has 1 heterocycles. The Labute approximate surface area is 87.7 Å². The van der Waals surface area contributed by atoms with Crippen molar-refractivity contribution in [3.63, 3.8) is 0 Å². The molecule has 3 N–H and O–H groups in total. The minimum atomic E-state index is -1.17. The van der Waals surface area contributed by atoms with E-state index in [1.807, 2.05) is 0 Å². The standard InChI is InChI=1S/C10H15NO4/c1-9(2)11-8(14)10(15-9)4-7(13)3-6(10)5-12/h3,7,12-13H,4-5H2,1-2H3,(H,11,14). The number of carbonyl (C=O) groups is 1. The highest BCUT2D eigenvalue weighted by Gasteiger charge is 2.56. The van der Waals surface area contributed by atoms with E-state index >= 15 is 0 Å². The molecule has 0 aromatic rings. The molecule has 1 spiro atoms. The number of hydrogen-bond donors (Lipinski definition) is 3. The zero-order chi connectivity index (χ0) is 11.3. The summed E-state index contributed by atoms with van der Waals surface area (Å²) < 4.78 is 5.63. The van der Waals surface area contributed by atoms with Gasteiger partial charge < -0.3 is 20.3 Å². The van der Waals surface area contributed by atoms with Crippen molar-refractivity contribution in [2.75, 3.05) is 6.61 Å². The summed E-state index contributed by atoms with van der Waals surface area (Å²) in [6.07, 6.45) is 0.936. The summed E-state index contributed by atoms with van der Waals surface area (Å²) in [6, 6.07) is 0. The summed E-state index contributed by atoms with van der Waals surface area (Å²) in [5.41, 5.74) is -1.48. The van der Waals surface area contributed by atoms with Crippen molar-refractivity contribution in [1.82, 2.24) is 5.32 Å². The van der Waals surface area contributed by atoms with Gasteiger partial charge in [0.25, 0.3) is 5.91 Å². The van der Waals surface area contributed by atoms with Crippen LogP contribution in [-0.2, 0) is 9.53 Å². The molecule has 84 valence electrons. The maximum atomic E-state index is 11.8. The minimum Gasteiger partial charge on any atom is -0.392 e. The first-order valence-corrected chi connectivity index (χ1v) is 4.92. The van der Waals surface area contributed by atoms with E-state index in [1.54, 1.807) is 13.8 Å². The van der Waals surface area contributed by atoms with Crippen molar-refractivity contribution in [3.8, 4) is 0 Å². The molecule has 0 aromatic heterocycles. The normalized spacial score (nSPS) is 38.3. The van der Waals surface area contributed by atoms with Gasteiger partial charge in [-0.3, -0.25) is 4.79 Å². The number of nitrogens with one attached hydrogen (secondary N) is 1. The van der Waals surface area contributed by atoms with Gasteiger partial charge in [-0.25, -0.2) is 0 Å². The van der Waals surface area contributed by atoms with Crippen LogP contribution in [0.4, 0.5) is 0 Å². The molecular formula is C10H15NO4. The second-order valence-electron chi connectivity index (χ2n) is 4.52. The van der Waals surface area contributed by atoms with Crippen molar-refractivity contribution in [2.24, 2.45) is 0 Å². The fourth-order valence-electron chi connectivity index (χ4n) is 2.26. The first-order chi connectivity index (χ1) is 6.89. The summed E-state index contributed by atoms with van der Waals surface area (Å²) in [4.78, 5) is 11.8. The lowest BCUT2D eigenvalue weighted by molar-refractivity contribution is -0.134. The van der Waals surface area contributed by atoms with Crippen LogP contribution < -0.4 is 5.32 Å². The molecule has 0 radical (unpaired) electrons. The van der Waals surface area contributed by atoms with Crippen LogP contribution in [0.3, 0.4) is 0 Å². The molecule has 2 rings (SSSR count). The number of aliphatic hydroxyl groups excluding tert-OH is 2. The quantitative estimate of drug-likeness (QED) is 0.503. The van der Waals surface area contributed by atoms with E-state index in [0.717, 1.165) is 0 Å². The molecule has 5 nitrogen and oxygen atoms in total. The highest BCUT2D eigenvalue weighted by molar-refractivity contribution is 5.92. The van der Waals surface area contributed by atoms with E-state index in [2.05, 4.69) is 5.32 Å². The predicted molar refractivity (Wildman–Crippen MR) is 51.8 cm³/mol.